The Morgan fingerprint density at radius 1 is 1.05 bits per heavy atom. The Morgan fingerprint density at radius 2 is 1.68 bits per heavy atom. The largest absolute Gasteiger partial charge is 0.491 e. The predicted octanol–water partition coefficient (Wildman–Crippen LogP) is 4.94. The van der Waals surface area contributed by atoms with Crippen LogP contribution in [0.3, 0.4) is 0 Å². The number of benzene rings is 2. The molecule has 3 rings (SSSR count). The number of carbonyl (C=O) groups is 1. The smallest absolute Gasteiger partial charge is 0.303 e. The summed E-state index contributed by atoms with van der Waals surface area (Å²) in [5, 5.41) is 11.0. The zero-order valence-corrected chi connectivity index (χ0v) is 23.6. The van der Waals surface area contributed by atoms with E-state index in [1.165, 1.54) is 6.92 Å². The summed E-state index contributed by atoms with van der Waals surface area (Å²) in [5.41, 5.74) is 1.52. The van der Waals surface area contributed by atoms with Gasteiger partial charge in [0.15, 0.2) is 5.75 Å². The zero-order chi connectivity index (χ0) is 27.0. The summed E-state index contributed by atoms with van der Waals surface area (Å²) in [7, 11) is 0. The molecule has 1 aliphatic rings. The number of nitrogens with zero attached hydrogens (tertiary/aromatic N) is 1. The molecule has 10 heteroatoms. The number of esters is 1. The number of hydrogen-bond donors (Lipinski definition) is 1. The minimum atomic E-state index is -0.608. The monoisotopic (exact) mass is 573 g/mol. The van der Waals surface area contributed by atoms with Crippen molar-refractivity contribution in [3.05, 3.63) is 57.6 Å². The fourth-order valence-corrected chi connectivity index (χ4v) is 4.79. The molecule has 0 unspecified atom stereocenters. The van der Waals surface area contributed by atoms with Gasteiger partial charge in [-0.05, 0) is 35.4 Å². The lowest BCUT2D eigenvalue weighted by atomic mass is 9.78. The van der Waals surface area contributed by atoms with Crippen LogP contribution in [0.4, 0.5) is 0 Å². The van der Waals surface area contributed by atoms with Crippen LogP contribution in [0, 0.1) is 0 Å². The minimum absolute atomic E-state index is 0.0356. The van der Waals surface area contributed by atoms with Crippen LogP contribution >= 0.6 is 34.8 Å². The summed E-state index contributed by atoms with van der Waals surface area (Å²) in [6.45, 7) is 9.31. The predicted molar refractivity (Wildman–Crippen MR) is 146 cm³/mol. The van der Waals surface area contributed by atoms with E-state index in [1.54, 1.807) is 0 Å². The maximum atomic E-state index is 11.2. The van der Waals surface area contributed by atoms with Crippen LogP contribution in [-0.4, -0.2) is 80.1 Å². The Bertz CT molecular complexity index is 1000. The molecule has 37 heavy (non-hydrogen) atoms. The van der Waals surface area contributed by atoms with E-state index in [2.05, 4.69) is 18.7 Å². The zero-order valence-electron chi connectivity index (χ0n) is 21.3. The van der Waals surface area contributed by atoms with E-state index in [4.69, 9.17) is 53.8 Å². The Labute approximate surface area is 233 Å². The first-order valence-corrected chi connectivity index (χ1v) is 13.5. The van der Waals surface area contributed by atoms with Gasteiger partial charge in [-0.2, -0.15) is 0 Å². The van der Waals surface area contributed by atoms with Crippen molar-refractivity contribution in [3.8, 4) is 11.5 Å². The number of ether oxygens (including phenoxy) is 4. The normalized spacial score (nSPS) is 16.2. The highest BCUT2D eigenvalue weighted by molar-refractivity contribution is 6.37. The third-order valence-corrected chi connectivity index (χ3v) is 7.14. The highest BCUT2D eigenvalue weighted by Crippen LogP contribution is 2.40. The lowest BCUT2D eigenvalue weighted by Gasteiger charge is -2.28. The molecule has 0 radical (unpaired) electrons. The number of morpholine rings is 1. The number of aliphatic hydroxyl groups excluding tert-OH is 1. The first-order chi connectivity index (χ1) is 17.6. The van der Waals surface area contributed by atoms with Gasteiger partial charge < -0.3 is 24.1 Å². The van der Waals surface area contributed by atoms with Crippen molar-refractivity contribution in [1.82, 2.24) is 4.90 Å². The molecule has 1 saturated heterocycles. The average molecular weight is 575 g/mol. The topological polar surface area (TPSA) is 77.5 Å². The van der Waals surface area contributed by atoms with Crippen LogP contribution in [-0.2, 0) is 19.7 Å². The second-order valence-corrected chi connectivity index (χ2v) is 10.6. The van der Waals surface area contributed by atoms with Gasteiger partial charge in [-0.15, -0.1) is 11.6 Å². The number of alkyl halides is 1. The molecule has 1 fully saturated rings. The lowest BCUT2D eigenvalue weighted by Crippen LogP contribution is -2.42. The third kappa shape index (κ3) is 8.63. The molecule has 1 heterocycles. The molecule has 0 aliphatic carbocycles. The molecule has 1 N–H and O–H groups in total. The number of hydrogen-bond acceptors (Lipinski definition) is 7. The SMILES string of the molecule is CC(=O)O[C@@H](CCl)COc1c(Cl)cc(C(C)(C)c2ccc(OC[C@@H](O)CN3CCOCC3)cc2)cc1Cl. The molecule has 7 nitrogen and oxygen atoms in total. The average Bonchev–Trinajstić information content (AvgIpc) is 2.86. The van der Waals surface area contributed by atoms with Gasteiger partial charge in [0.25, 0.3) is 0 Å². The fraction of sp³-hybridized carbons (Fsp3) is 0.519. The standard InChI is InChI=1S/C27H34Cl3NO6/c1-18(32)37-23(14-28)17-36-26-24(29)12-20(13-25(26)30)27(2,3)19-4-6-22(7-5-19)35-16-21(33)15-31-8-10-34-11-9-31/h4-7,12-13,21,23,33H,8-11,14-17H2,1-3H3/t21-,23-/m0/s1. The van der Waals surface area contributed by atoms with Gasteiger partial charge in [-0.3, -0.25) is 9.69 Å². The van der Waals surface area contributed by atoms with E-state index in [-0.39, 0.29) is 19.1 Å². The second-order valence-electron chi connectivity index (χ2n) is 9.49. The Morgan fingerprint density at radius 3 is 2.24 bits per heavy atom. The Hall–Kier alpha value is -1.74. The highest BCUT2D eigenvalue weighted by atomic mass is 35.5. The van der Waals surface area contributed by atoms with Crippen molar-refractivity contribution in [2.75, 3.05) is 51.9 Å². The number of carbonyl (C=O) groups excluding carboxylic acids is 1. The van der Waals surface area contributed by atoms with E-state index in [0.29, 0.717) is 41.3 Å². The number of rotatable bonds is 12. The maximum Gasteiger partial charge on any atom is 0.303 e. The van der Waals surface area contributed by atoms with Gasteiger partial charge in [0, 0.05) is 32.0 Å². The third-order valence-electron chi connectivity index (χ3n) is 6.23. The summed E-state index contributed by atoms with van der Waals surface area (Å²) in [6.07, 6.45) is -1.18. The quantitative estimate of drug-likeness (QED) is 0.284. The van der Waals surface area contributed by atoms with E-state index >= 15 is 0 Å². The lowest BCUT2D eigenvalue weighted by molar-refractivity contribution is -0.146. The van der Waals surface area contributed by atoms with Gasteiger partial charge >= 0.3 is 5.97 Å². The van der Waals surface area contributed by atoms with Crippen molar-refractivity contribution >= 4 is 40.8 Å². The Balaban J connectivity index is 1.62. The van der Waals surface area contributed by atoms with Gasteiger partial charge in [0.05, 0.1) is 29.1 Å². The fourth-order valence-electron chi connectivity index (χ4n) is 4.04. The summed E-state index contributed by atoms with van der Waals surface area (Å²) >= 11 is 18.9. The summed E-state index contributed by atoms with van der Waals surface area (Å²) in [6, 6.07) is 11.4. The van der Waals surface area contributed by atoms with Crippen LogP contribution in [0.2, 0.25) is 10.0 Å². The molecule has 0 bridgehead atoms. The molecular weight excluding hydrogens is 541 g/mol. The van der Waals surface area contributed by atoms with Crippen LogP contribution in [0.5, 0.6) is 11.5 Å². The second kappa shape index (κ2) is 13.9. The van der Waals surface area contributed by atoms with E-state index in [9.17, 15) is 9.90 Å². The summed E-state index contributed by atoms with van der Waals surface area (Å²) in [5.74, 6) is 0.641. The minimum Gasteiger partial charge on any atom is -0.491 e. The van der Waals surface area contributed by atoms with Gasteiger partial charge in [0.1, 0.15) is 31.2 Å². The van der Waals surface area contributed by atoms with E-state index in [0.717, 1.165) is 24.2 Å². The first kappa shape index (κ1) is 29.8. The van der Waals surface area contributed by atoms with E-state index in [1.807, 2.05) is 36.4 Å². The molecule has 0 amide bonds. The van der Waals surface area contributed by atoms with Crippen molar-refractivity contribution in [2.45, 2.75) is 38.4 Å². The van der Waals surface area contributed by atoms with Crippen LogP contribution in [0.1, 0.15) is 31.9 Å². The van der Waals surface area contributed by atoms with E-state index < -0.39 is 23.6 Å². The van der Waals surface area contributed by atoms with Gasteiger partial charge in [0.2, 0.25) is 0 Å². The molecule has 2 aromatic rings. The van der Waals surface area contributed by atoms with Crippen molar-refractivity contribution < 1.29 is 28.8 Å². The molecule has 0 aromatic heterocycles. The molecule has 0 saturated carbocycles. The van der Waals surface area contributed by atoms with Crippen molar-refractivity contribution in [3.63, 3.8) is 0 Å². The van der Waals surface area contributed by atoms with Crippen molar-refractivity contribution in [1.29, 1.82) is 0 Å². The molecular formula is C27H34Cl3NO6. The molecule has 204 valence electrons. The molecule has 0 spiro atoms. The molecule has 2 aromatic carbocycles. The van der Waals surface area contributed by atoms with Crippen LogP contribution in [0.25, 0.3) is 0 Å². The maximum absolute atomic E-state index is 11.2. The molecule has 1 aliphatic heterocycles. The number of β-amino-alcohol motifs (C(OH)–C–C–N with tert-alkyl or cyclic N) is 1. The first-order valence-electron chi connectivity index (χ1n) is 12.2. The van der Waals surface area contributed by atoms with Crippen LogP contribution < -0.4 is 9.47 Å². The van der Waals surface area contributed by atoms with Gasteiger partial charge in [-0.1, -0.05) is 49.2 Å². The number of aliphatic hydroxyl groups is 1. The summed E-state index contributed by atoms with van der Waals surface area (Å²) < 4.78 is 22.0. The highest BCUT2D eigenvalue weighted by Gasteiger charge is 2.26. The summed E-state index contributed by atoms with van der Waals surface area (Å²) in [4.78, 5) is 13.4. The van der Waals surface area contributed by atoms with Gasteiger partial charge in [-0.25, -0.2) is 0 Å². The van der Waals surface area contributed by atoms with Crippen LogP contribution in [0.15, 0.2) is 36.4 Å². The Kier molecular flexibility index (Phi) is 11.2. The molecule has 2 atom stereocenters. The van der Waals surface area contributed by atoms with Crippen molar-refractivity contribution in [2.24, 2.45) is 0 Å². The number of halogens is 3.